The Balaban J connectivity index is 2.09. The molecule has 0 aliphatic carbocycles. The molecule has 1 aromatic rings. The van der Waals surface area contributed by atoms with Gasteiger partial charge in [0.05, 0.1) is 5.69 Å². The van der Waals surface area contributed by atoms with Gasteiger partial charge in [-0.15, -0.1) is 5.10 Å². The number of aryl methyl sites for hydroxylation is 1. The Labute approximate surface area is 97.1 Å². The molecule has 1 fully saturated rings. The van der Waals surface area contributed by atoms with E-state index in [0.29, 0.717) is 5.92 Å². The monoisotopic (exact) mass is 220 g/mol. The second kappa shape index (κ2) is 5.25. The molecular formula is C12H20N4. The van der Waals surface area contributed by atoms with Crippen molar-refractivity contribution in [1.82, 2.24) is 15.5 Å². The van der Waals surface area contributed by atoms with E-state index in [4.69, 9.17) is 0 Å². The number of anilines is 1. The third-order valence-electron chi connectivity index (χ3n) is 2.98. The van der Waals surface area contributed by atoms with E-state index in [1.807, 2.05) is 0 Å². The number of nitrogens with one attached hydrogen (secondary N) is 1. The third-order valence-corrected chi connectivity index (χ3v) is 2.98. The Morgan fingerprint density at radius 2 is 2.31 bits per heavy atom. The van der Waals surface area contributed by atoms with Crippen molar-refractivity contribution >= 4 is 5.82 Å². The summed E-state index contributed by atoms with van der Waals surface area (Å²) in [5, 5.41) is 11.9. The van der Waals surface area contributed by atoms with Gasteiger partial charge in [0.1, 0.15) is 0 Å². The molecule has 2 rings (SSSR count). The molecule has 4 heteroatoms. The van der Waals surface area contributed by atoms with Crippen molar-refractivity contribution in [2.24, 2.45) is 5.92 Å². The van der Waals surface area contributed by atoms with Crippen molar-refractivity contribution in [3.05, 3.63) is 17.8 Å². The quantitative estimate of drug-likeness (QED) is 0.810. The standard InChI is InChI=1S/C12H20N4/c1-3-11-4-5-12(15-14-11)16-7-6-13-8-10(2)9-16/h4-5,10,13H,3,6-9H2,1-2H3. The van der Waals surface area contributed by atoms with Gasteiger partial charge in [-0.2, -0.15) is 5.10 Å². The first-order valence-electron chi connectivity index (χ1n) is 6.08. The van der Waals surface area contributed by atoms with E-state index in [1.165, 1.54) is 0 Å². The van der Waals surface area contributed by atoms with E-state index in [1.54, 1.807) is 0 Å². The van der Waals surface area contributed by atoms with Crippen molar-refractivity contribution in [2.45, 2.75) is 20.3 Å². The molecule has 0 radical (unpaired) electrons. The van der Waals surface area contributed by atoms with E-state index in [9.17, 15) is 0 Å². The van der Waals surface area contributed by atoms with Crippen LogP contribution >= 0.6 is 0 Å². The Morgan fingerprint density at radius 1 is 1.44 bits per heavy atom. The number of nitrogens with zero attached hydrogens (tertiary/aromatic N) is 3. The highest BCUT2D eigenvalue weighted by molar-refractivity contribution is 5.37. The molecule has 88 valence electrons. The summed E-state index contributed by atoms with van der Waals surface area (Å²) in [6, 6.07) is 4.16. The first-order valence-corrected chi connectivity index (χ1v) is 6.08. The molecule has 2 heterocycles. The molecule has 4 nitrogen and oxygen atoms in total. The molecule has 0 aromatic carbocycles. The van der Waals surface area contributed by atoms with Gasteiger partial charge in [0.15, 0.2) is 5.82 Å². The van der Waals surface area contributed by atoms with E-state index < -0.39 is 0 Å². The van der Waals surface area contributed by atoms with Crippen molar-refractivity contribution in [1.29, 1.82) is 0 Å². The Kier molecular flexibility index (Phi) is 3.72. The molecule has 1 aliphatic heterocycles. The number of aromatic nitrogens is 2. The minimum absolute atomic E-state index is 0.662. The van der Waals surface area contributed by atoms with Crippen molar-refractivity contribution in [3.8, 4) is 0 Å². The lowest BCUT2D eigenvalue weighted by Crippen LogP contribution is -2.30. The lowest BCUT2D eigenvalue weighted by Gasteiger charge is -2.22. The fourth-order valence-corrected chi connectivity index (χ4v) is 2.01. The van der Waals surface area contributed by atoms with E-state index >= 15 is 0 Å². The normalized spacial score (nSPS) is 21.9. The molecule has 0 bridgehead atoms. The molecule has 0 saturated carbocycles. The Morgan fingerprint density at radius 3 is 3.00 bits per heavy atom. The Bertz CT molecular complexity index is 322. The largest absolute Gasteiger partial charge is 0.354 e. The van der Waals surface area contributed by atoms with Gasteiger partial charge in [-0.3, -0.25) is 0 Å². The van der Waals surface area contributed by atoms with Crippen LogP contribution in [-0.2, 0) is 6.42 Å². The van der Waals surface area contributed by atoms with Gasteiger partial charge in [0.2, 0.25) is 0 Å². The number of rotatable bonds is 2. The molecular weight excluding hydrogens is 200 g/mol. The molecule has 16 heavy (non-hydrogen) atoms. The summed E-state index contributed by atoms with van der Waals surface area (Å²) >= 11 is 0. The lowest BCUT2D eigenvalue weighted by atomic mass is 10.2. The maximum atomic E-state index is 4.30. The fraction of sp³-hybridized carbons (Fsp3) is 0.667. The second-order valence-electron chi connectivity index (χ2n) is 4.49. The highest BCUT2D eigenvalue weighted by Gasteiger charge is 2.15. The average molecular weight is 220 g/mol. The van der Waals surface area contributed by atoms with Crippen molar-refractivity contribution < 1.29 is 0 Å². The van der Waals surface area contributed by atoms with Crippen molar-refractivity contribution in [2.75, 3.05) is 31.1 Å². The second-order valence-corrected chi connectivity index (χ2v) is 4.49. The van der Waals surface area contributed by atoms with E-state index in [0.717, 1.165) is 44.1 Å². The topological polar surface area (TPSA) is 41.0 Å². The summed E-state index contributed by atoms with van der Waals surface area (Å²) in [5.41, 5.74) is 1.06. The smallest absolute Gasteiger partial charge is 0.151 e. The molecule has 1 unspecified atom stereocenters. The van der Waals surface area contributed by atoms with Crippen LogP contribution in [0.5, 0.6) is 0 Å². The summed E-state index contributed by atoms with van der Waals surface area (Å²) < 4.78 is 0. The van der Waals surface area contributed by atoms with Crippen LogP contribution in [0.3, 0.4) is 0 Å². The summed E-state index contributed by atoms with van der Waals surface area (Å²) in [4.78, 5) is 2.32. The zero-order valence-electron chi connectivity index (χ0n) is 10.1. The highest BCUT2D eigenvalue weighted by Crippen LogP contribution is 2.13. The predicted octanol–water partition coefficient (Wildman–Crippen LogP) is 1.08. The van der Waals surface area contributed by atoms with Crippen LogP contribution in [0.25, 0.3) is 0 Å². The van der Waals surface area contributed by atoms with Crippen LogP contribution in [0.15, 0.2) is 12.1 Å². The molecule has 1 N–H and O–H groups in total. The number of hydrogen-bond donors (Lipinski definition) is 1. The van der Waals surface area contributed by atoms with Gasteiger partial charge in [-0.1, -0.05) is 13.8 Å². The van der Waals surface area contributed by atoms with Crippen LogP contribution in [0, 0.1) is 5.92 Å². The van der Waals surface area contributed by atoms with Gasteiger partial charge in [-0.25, -0.2) is 0 Å². The SMILES string of the molecule is CCc1ccc(N2CCNCC(C)C2)nn1. The van der Waals surface area contributed by atoms with Crippen LogP contribution < -0.4 is 10.2 Å². The molecule has 1 saturated heterocycles. The maximum Gasteiger partial charge on any atom is 0.151 e. The molecule has 1 aromatic heterocycles. The van der Waals surface area contributed by atoms with Gasteiger partial charge in [0.25, 0.3) is 0 Å². The number of hydrogen-bond acceptors (Lipinski definition) is 4. The molecule has 1 atom stereocenters. The van der Waals surface area contributed by atoms with Crippen molar-refractivity contribution in [3.63, 3.8) is 0 Å². The van der Waals surface area contributed by atoms with Crippen LogP contribution in [0.1, 0.15) is 19.5 Å². The van der Waals surface area contributed by atoms with E-state index in [-0.39, 0.29) is 0 Å². The van der Waals surface area contributed by atoms with E-state index in [2.05, 4.69) is 46.4 Å². The first kappa shape index (κ1) is 11.3. The summed E-state index contributed by atoms with van der Waals surface area (Å²) in [5.74, 6) is 1.67. The van der Waals surface area contributed by atoms with Crippen LogP contribution in [0.2, 0.25) is 0 Å². The molecule has 0 spiro atoms. The summed E-state index contributed by atoms with van der Waals surface area (Å²) in [6.45, 7) is 8.57. The van der Waals surface area contributed by atoms with Gasteiger partial charge >= 0.3 is 0 Å². The maximum absolute atomic E-state index is 4.30. The van der Waals surface area contributed by atoms with Gasteiger partial charge < -0.3 is 10.2 Å². The molecule has 1 aliphatic rings. The summed E-state index contributed by atoms with van der Waals surface area (Å²) in [7, 11) is 0. The summed E-state index contributed by atoms with van der Waals surface area (Å²) in [6.07, 6.45) is 0.950. The first-order chi connectivity index (χ1) is 7.79. The van der Waals surface area contributed by atoms with Gasteiger partial charge in [0, 0.05) is 19.6 Å². The molecule has 0 amide bonds. The van der Waals surface area contributed by atoms with Crippen LogP contribution in [0.4, 0.5) is 5.82 Å². The zero-order valence-corrected chi connectivity index (χ0v) is 10.1. The van der Waals surface area contributed by atoms with Gasteiger partial charge in [-0.05, 0) is 31.0 Å². The average Bonchev–Trinajstić information content (AvgIpc) is 2.54. The predicted molar refractivity (Wildman–Crippen MR) is 65.7 cm³/mol. The Hall–Kier alpha value is -1.16. The van der Waals surface area contributed by atoms with Crippen LogP contribution in [-0.4, -0.2) is 36.4 Å². The third kappa shape index (κ3) is 2.70. The lowest BCUT2D eigenvalue weighted by molar-refractivity contribution is 0.562. The fourth-order valence-electron chi connectivity index (χ4n) is 2.01. The minimum atomic E-state index is 0.662. The highest BCUT2D eigenvalue weighted by atomic mass is 15.3. The zero-order chi connectivity index (χ0) is 11.4. The minimum Gasteiger partial charge on any atom is -0.354 e.